The maximum absolute atomic E-state index is 11.2. The number of hydrogen-bond donors (Lipinski definition) is 2. The molecular formula is C33H50N4O. The number of rotatable bonds is 6. The number of fused-ring (bicyclic) bond motifs is 5. The van der Waals surface area contributed by atoms with E-state index in [1.807, 2.05) is 23.9 Å². The van der Waals surface area contributed by atoms with E-state index >= 15 is 0 Å². The fourth-order valence-electron chi connectivity index (χ4n) is 10.2. The molecule has 6 rings (SSSR count). The first kappa shape index (κ1) is 26.3. The fourth-order valence-corrected chi connectivity index (χ4v) is 10.2. The quantitative estimate of drug-likeness (QED) is 0.416. The molecule has 4 aliphatic rings. The van der Waals surface area contributed by atoms with Crippen molar-refractivity contribution in [1.82, 2.24) is 14.8 Å². The van der Waals surface area contributed by atoms with E-state index in [1.165, 1.54) is 44.9 Å². The summed E-state index contributed by atoms with van der Waals surface area (Å²) in [6.45, 7) is 11.4. The van der Waals surface area contributed by atoms with Gasteiger partial charge in [0.15, 0.2) is 5.82 Å². The molecule has 2 aromatic rings. The lowest BCUT2D eigenvalue weighted by molar-refractivity contribution is -0.108. The molecule has 0 aliphatic heterocycles. The Balaban J connectivity index is 1.13. The Morgan fingerprint density at radius 3 is 2.58 bits per heavy atom. The van der Waals surface area contributed by atoms with Crippen molar-refractivity contribution in [3.05, 3.63) is 35.8 Å². The Morgan fingerprint density at radius 2 is 1.84 bits per heavy atom. The van der Waals surface area contributed by atoms with Crippen LogP contribution in [0.15, 0.2) is 24.4 Å². The number of aromatic nitrogens is 3. The molecule has 4 saturated carbocycles. The Bertz CT molecular complexity index is 1140. The van der Waals surface area contributed by atoms with E-state index in [9.17, 15) is 5.11 Å². The first-order valence-corrected chi connectivity index (χ1v) is 15.7. The van der Waals surface area contributed by atoms with Crippen LogP contribution in [-0.2, 0) is 0 Å². The van der Waals surface area contributed by atoms with Crippen LogP contribution in [0.3, 0.4) is 0 Å². The van der Waals surface area contributed by atoms with E-state index in [1.54, 1.807) is 0 Å². The highest BCUT2D eigenvalue weighted by Gasteiger charge is 2.58. The van der Waals surface area contributed by atoms with Gasteiger partial charge in [0.05, 0.1) is 22.7 Å². The van der Waals surface area contributed by atoms with E-state index in [0.717, 1.165) is 78.2 Å². The Hall–Kier alpha value is -1.88. The summed E-state index contributed by atoms with van der Waals surface area (Å²) in [6, 6.07) is 6.74. The van der Waals surface area contributed by atoms with Crippen molar-refractivity contribution in [1.29, 1.82) is 0 Å². The zero-order chi connectivity index (χ0) is 26.7. The van der Waals surface area contributed by atoms with E-state index in [-0.39, 0.29) is 5.60 Å². The second-order valence-electron chi connectivity index (χ2n) is 14.0. The van der Waals surface area contributed by atoms with Crippen molar-refractivity contribution in [3.8, 4) is 5.82 Å². The van der Waals surface area contributed by atoms with Gasteiger partial charge >= 0.3 is 0 Å². The van der Waals surface area contributed by atoms with Crippen LogP contribution in [0.1, 0.15) is 103 Å². The molecule has 2 heterocycles. The standard InChI is InChI=1S/C33H50N4O/c1-6-16-33(38)18-14-25-24(20-33)7-8-27-26(25)13-17-32(5)28(9-10-29(27)32)22(3)34-30-11-12-31(35-23(30)4)37-19-15-21(2)36-37/h11-12,15,19,22,24-29,34,38H,6-10,13-14,16-18,20H2,1-5H3/t22-,24-,25+,26-,27-,28-,29+,32-,33-/m1/s1. The highest BCUT2D eigenvalue weighted by Crippen LogP contribution is 2.65. The van der Waals surface area contributed by atoms with Crippen molar-refractivity contribution in [2.24, 2.45) is 40.9 Å². The first-order valence-electron chi connectivity index (χ1n) is 15.7. The van der Waals surface area contributed by atoms with E-state index < -0.39 is 0 Å². The predicted octanol–water partition coefficient (Wildman–Crippen LogP) is 7.48. The average molecular weight is 519 g/mol. The first-order chi connectivity index (χ1) is 18.2. The van der Waals surface area contributed by atoms with Gasteiger partial charge in [-0.15, -0.1) is 0 Å². The summed E-state index contributed by atoms with van der Waals surface area (Å²) in [5.41, 5.74) is 3.28. The van der Waals surface area contributed by atoms with E-state index in [0.29, 0.717) is 17.4 Å². The topological polar surface area (TPSA) is 63.0 Å². The molecule has 208 valence electrons. The third kappa shape index (κ3) is 4.51. The molecule has 0 unspecified atom stereocenters. The van der Waals surface area contributed by atoms with Gasteiger partial charge < -0.3 is 10.4 Å². The molecule has 0 saturated heterocycles. The van der Waals surface area contributed by atoms with Gasteiger partial charge in [0.25, 0.3) is 0 Å². The minimum absolute atomic E-state index is 0.367. The van der Waals surface area contributed by atoms with Gasteiger partial charge in [0.2, 0.25) is 0 Å². The highest BCUT2D eigenvalue weighted by atomic mass is 16.3. The average Bonchev–Trinajstić information content (AvgIpc) is 3.47. The number of hydrogen-bond acceptors (Lipinski definition) is 4. The summed E-state index contributed by atoms with van der Waals surface area (Å²) in [6.07, 6.45) is 15.8. The van der Waals surface area contributed by atoms with Gasteiger partial charge in [0, 0.05) is 12.2 Å². The largest absolute Gasteiger partial charge is 0.390 e. The van der Waals surface area contributed by atoms with E-state index in [2.05, 4.69) is 50.2 Å². The Morgan fingerprint density at radius 1 is 1.03 bits per heavy atom. The molecule has 9 atom stereocenters. The normalized spacial score (nSPS) is 39.2. The van der Waals surface area contributed by atoms with Gasteiger partial charge in [-0.1, -0.05) is 20.3 Å². The Labute approximate surface area is 230 Å². The number of nitrogens with one attached hydrogen (secondary N) is 1. The number of anilines is 1. The summed E-state index contributed by atoms with van der Waals surface area (Å²) >= 11 is 0. The van der Waals surface area contributed by atoms with Crippen LogP contribution in [0.2, 0.25) is 0 Å². The molecule has 4 fully saturated rings. The second kappa shape index (κ2) is 9.94. The van der Waals surface area contributed by atoms with Gasteiger partial charge in [-0.25, -0.2) is 9.67 Å². The summed E-state index contributed by atoms with van der Waals surface area (Å²) < 4.78 is 1.86. The van der Waals surface area contributed by atoms with Gasteiger partial charge in [-0.2, -0.15) is 5.10 Å². The van der Waals surface area contributed by atoms with E-state index in [4.69, 9.17) is 4.98 Å². The Kier molecular flexibility index (Phi) is 6.90. The number of aliphatic hydroxyl groups is 1. The lowest BCUT2D eigenvalue weighted by Crippen LogP contribution is -2.52. The minimum atomic E-state index is -0.367. The third-order valence-corrected chi connectivity index (χ3v) is 11.9. The maximum Gasteiger partial charge on any atom is 0.153 e. The van der Waals surface area contributed by atoms with Crippen LogP contribution >= 0.6 is 0 Å². The molecule has 5 nitrogen and oxygen atoms in total. The molecule has 0 amide bonds. The maximum atomic E-state index is 11.2. The summed E-state index contributed by atoms with van der Waals surface area (Å²) in [4.78, 5) is 4.87. The molecule has 2 N–H and O–H groups in total. The zero-order valence-electron chi connectivity index (χ0n) is 24.4. The second-order valence-corrected chi connectivity index (χ2v) is 14.0. The lowest BCUT2D eigenvalue weighted by Gasteiger charge is -2.57. The number of pyridine rings is 1. The van der Waals surface area contributed by atoms with Crippen molar-refractivity contribution in [3.63, 3.8) is 0 Å². The summed E-state index contributed by atoms with van der Waals surface area (Å²) in [5, 5.41) is 19.6. The van der Waals surface area contributed by atoms with Crippen molar-refractivity contribution >= 4 is 5.69 Å². The van der Waals surface area contributed by atoms with Crippen LogP contribution in [0, 0.1) is 54.8 Å². The van der Waals surface area contributed by atoms with Crippen molar-refractivity contribution < 1.29 is 5.11 Å². The van der Waals surface area contributed by atoms with Crippen LogP contribution in [-0.4, -0.2) is 31.5 Å². The molecule has 38 heavy (non-hydrogen) atoms. The molecule has 4 aliphatic carbocycles. The predicted molar refractivity (Wildman–Crippen MR) is 154 cm³/mol. The lowest BCUT2D eigenvalue weighted by atomic mass is 9.48. The van der Waals surface area contributed by atoms with Crippen LogP contribution in [0.5, 0.6) is 0 Å². The molecule has 2 aromatic heterocycles. The molecule has 0 radical (unpaired) electrons. The van der Waals surface area contributed by atoms with Gasteiger partial charge in [-0.3, -0.25) is 0 Å². The van der Waals surface area contributed by atoms with Crippen LogP contribution in [0.25, 0.3) is 5.82 Å². The SMILES string of the molecule is CCC[C@@]1(O)CC[C@H]2[C@H](CC[C@@H]3[C@@H]2CC[C@]2(C)[C@@H]([C@@H](C)Nc4ccc(-n5ccc(C)n5)nc4C)CC[C@@H]32)C1. The molecule has 0 bridgehead atoms. The monoisotopic (exact) mass is 518 g/mol. The number of nitrogens with zero attached hydrogens (tertiary/aromatic N) is 3. The smallest absolute Gasteiger partial charge is 0.153 e. The molecular weight excluding hydrogens is 468 g/mol. The molecule has 0 aromatic carbocycles. The van der Waals surface area contributed by atoms with Crippen molar-refractivity contribution in [2.75, 3.05) is 5.32 Å². The van der Waals surface area contributed by atoms with Crippen molar-refractivity contribution in [2.45, 2.75) is 117 Å². The third-order valence-electron chi connectivity index (χ3n) is 11.9. The summed E-state index contributed by atoms with van der Waals surface area (Å²) in [7, 11) is 0. The van der Waals surface area contributed by atoms with Gasteiger partial charge in [0.1, 0.15) is 0 Å². The van der Waals surface area contributed by atoms with Crippen LogP contribution < -0.4 is 5.32 Å². The van der Waals surface area contributed by atoms with Crippen LogP contribution in [0.4, 0.5) is 5.69 Å². The minimum Gasteiger partial charge on any atom is -0.390 e. The number of aryl methyl sites for hydroxylation is 2. The molecule has 5 heteroatoms. The fraction of sp³-hybridized carbons (Fsp3) is 0.758. The van der Waals surface area contributed by atoms with Gasteiger partial charge in [-0.05, 0) is 144 Å². The zero-order valence-corrected chi connectivity index (χ0v) is 24.4. The summed E-state index contributed by atoms with van der Waals surface area (Å²) in [5.74, 6) is 5.92. The molecule has 0 spiro atoms. The highest BCUT2D eigenvalue weighted by molar-refractivity contribution is 5.50.